The largest absolute Gasteiger partial charge is 0.394 e. The number of hydrogen-bond acceptors (Lipinski definition) is 6. The molecular formula is C18H23NO6. The first-order valence-corrected chi connectivity index (χ1v) is 7.87. The molecule has 2 rings (SSSR count). The predicted molar refractivity (Wildman–Crippen MR) is 91.9 cm³/mol. The van der Waals surface area contributed by atoms with Gasteiger partial charge < -0.3 is 29.7 Å². The zero-order chi connectivity index (χ0) is 18.6. The second kappa shape index (κ2) is 8.37. The Morgan fingerprint density at radius 1 is 1.20 bits per heavy atom. The molecule has 5 atom stereocenters. The summed E-state index contributed by atoms with van der Waals surface area (Å²) in [5, 5.41) is 39.2. The van der Waals surface area contributed by atoms with Crippen molar-refractivity contribution in [2.45, 2.75) is 37.1 Å². The summed E-state index contributed by atoms with van der Waals surface area (Å²) < 4.78 is 6.92. The van der Waals surface area contributed by atoms with E-state index >= 15 is 0 Å². The highest BCUT2D eigenvalue weighted by Crippen LogP contribution is 2.31. The SMILES string of the molecule is C=C/C=C(\C=C)Cn1cc([C@@H]2O[C@H](CO)[C@@H](O)[C@H](O)[C@H]2O)ccc1=O. The van der Waals surface area contributed by atoms with Crippen LogP contribution in [0.5, 0.6) is 0 Å². The Hall–Kier alpha value is -2.03. The lowest BCUT2D eigenvalue weighted by Crippen LogP contribution is -2.55. The van der Waals surface area contributed by atoms with Gasteiger partial charge in [-0.25, -0.2) is 0 Å². The summed E-state index contributed by atoms with van der Waals surface area (Å²) in [6, 6.07) is 2.81. The third-order valence-electron chi connectivity index (χ3n) is 4.17. The van der Waals surface area contributed by atoms with Gasteiger partial charge in [-0.05, 0) is 11.6 Å². The molecule has 1 aliphatic rings. The van der Waals surface area contributed by atoms with Crippen LogP contribution in [0.2, 0.25) is 0 Å². The average Bonchev–Trinajstić information content (AvgIpc) is 2.61. The number of ether oxygens (including phenoxy) is 1. The van der Waals surface area contributed by atoms with Crippen LogP contribution in [-0.2, 0) is 11.3 Å². The molecule has 0 saturated carbocycles. The molecule has 1 aliphatic heterocycles. The quantitative estimate of drug-likeness (QED) is 0.523. The molecule has 1 aromatic heterocycles. The van der Waals surface area contributed by atoms with Gasteiger partial charge in [-0.3, -0.25) is 4.79 Å². The van der Waals surface area contributed by atoms with Gasteiger partial charge in [0.15, 0.2) is 0 Å². The van der Waals surface area contributed by atoms with E-state index in [1.54, 1.807) is 18.2 Å². The standard InChI is InChI=1S/C18H23NO6/c1-3-5-11(4-2)8-19-9-12(6-7-14(19)21)18-17(24)16(23)15(22)13(10-20)25-18/h3-7,9,13,15-18,20,22-24H,1-2,8,10H2/b11-5+/t13-,15-,16+,17-,18+/m1/s1. The molecule has 4 N–H and O–H groups in total. The van der Waals surface area contributed by atoms with Crippen LogP contribution in [0.1, 0.15) is 11.7 Å². The van der Waals surface area contributed by atoms with Crippen LogP contribution in [-0.4, -0.2) is 56.0 Å². The number of aliphatic hydroxyl groups excluding tert-OH is 4. The minimum Gasteiger partial charge on any atom is -0.394 e. The topological polar surface area (TPSA) is 112 Å². The molecule has 0 unspecified atom stereocenters. The molecule has 136 valence electrons. The second-order valence-corrected chi connectivity index (χ2v) is 5.86. The van der Waals surface area contributed by atoms with Gasteiger partial charge >= 0.3 is 0 Å². The Labute approximate surface area is 145 Å². The second-order valence-electron chi connectivity index (χ2n) is 5.86. The summed E-state index contributed by atoms with van der Waals surface area (Å²) >= 11 is 0. The van der Waals surface area contributed by atoms with Crippen LogP contribution in [0.3, 0.4) is 0 Å². The normalized spacial score (nSPS) is 30.1. The van der Waals surface area contributed by atoms with E-state index in [0.717, 1.165) is 5.57 Å². The van der Waals surface area contributed by atoms with Crippen molar-refractivity contribution in [3.63, 3.8) is 0 Å². The van der Waals surface area contributed by atoms with Crippen LogP contribution in [0.4, 0.5) is 0 Å². The Balaban J connectivity index is 2.34. The molecule has 0 bridgehead atoms. The minimum atomic E-state index is -1.47. The third kappa shape index (κ3) is 4.15. The summed E-state index contributed by atoms with van der Waals surface area (Å²) in [4.78, 5) is 12.1. The van der Waals surface area contributed by atoms with E-state index in [2.05, 4.69) is 13.2 Å². The van der Waals surface area contributed by atoms with Crippen molar-refractivity contribution in [3.05, 3.63) is 71.2 Å². The van der Waals surface area contributed by atoms with Crippen LogP contribution in [0.15, 0.2) is 60.1 Å². The van der Waals surface area contributed by atoms with Crippen molar-refractivity contribution in [1.82, 2.24) is 4.57 Å². The van der Waals surface area contributed by atoms with Crippen LogP contribution < -0.4 is 5.56 Å². The number of hydrogen-bond donors (Lipinski definition) is 4. The summed E-state index contributed by atoms with van der Waals surface area (Å²) in [6.45, 7) is 7.03. The molecule has 7 heteroatoms. The van der Waals surface area contributed by atoms with Gasteiger partial charge in [-0.2, -0.15) is 0 Å². The zero-order valence-corrected chi connectivity index (χ0v) is 13.7. The van der Waals surface area contributed by atoms with E-state index in [1.165, 1.54) is 22.9 Å². The van der Waals surface area contributed by atoms with Crippen LogP contribution in [0, 0.1) is 0 Å². The molecule has 2 heterocycles. The molecule has 0 spiro atoms. The maximum Gasteiger partial charge on any atom is 0.250 e. The number of aliphatic hydroxyl groups is 4. The molecule has 0 amide bonds. The van der Waals surface area contributed by atoms with Gasteiger partial charge in [0.2, 0.25) is 0 Å². The smallest absolute Gasteiger partial charge is 0.250 e. The molecular weight excluding hydrogens is 326 g/mol. The Bertz CT molecular complexity index is 708. The monoisotopic (exact) mass is 349 g/mol. The number of nitrogens with zero attached hydrogens (tertiary/aromatic N) is 1. The van der Waals surface area contributed by atoms with Crippen molar-refractivity contribution in [2.75, 3.05) is 6.61 Å². The van der Waals surface area contributed by atoms with Gasteiger partial charge in [0, 0.05) is 17.8 Å². The highest BCUT2D eigenvalue weighted by Gasteiger charge is 2.44. The molecule has 1 saturated heterocycles. The summed E-state index contributed by atoms with van der Waals surface area (Å²) in [7, 11) is 0. The highest BCUT2D eigenvalue weighted by molar-refractivity contribution is 5.23. The molecule has 25 heavy (non-hydrogen) atoms. The number of pyridine rings is 1. The summed E-state index contributed by atoms with van der Waals surface area (Å²) in [5.74, 6) is 0. The van der Waals surface area contributed by atoms with Crippen molar-refractivity contribution in [1.29, 1.82) is 0 Å². The van der Waals surface area contributed by atoms with Crippen molar-refractivity contribution in [3.8, 4) is 0 Å². The molecule has 0 aliphatic carbocycles. The summed E-state index contributed by atoms with van der Waals surface area (Å²) in [6.07, 6.45) is 0.136. The molecule has 1 aromatic rings. The van der Waals surface area contributed by atoms with Crippen molar-refractivity contribution >= 4 is 0 Å². The highest BCUT2D eigenvalue weighted by atomic mass is 16.5. The first-order chi connectivity index (χ1) is 11.9. The summed E-state index contributed by atoms with van der Waals surface area (Å²) in [5.41, 5.74) is 0.951. The molecule has 1 fully saturated rings. The van der Waals surface area contributed by atoms with Gasteiger partial charge in [-0.15, -0.1) is 0 Å². The Morgan fingerprint density at radius 3 is 2.52 bits per heavy atom. The molecule has 0 aromatic carbocycles. The van der Waals surface area contributed by atoms with Crippen molar-refractivity contribution in [2.24, 2.45) is 0 Å². The van der Waals surface area contributed by atoms with Gasteiger partial charge in [0.25, 0.3) is 5.56 Å². The maximum atomic E-state index is 12.1. The van der Waals surface area contributed by atoms with Gasteiger partial charge in [-0.1, -0.05) is 31.4 Å². The van der Waals surface area contributed by atoms with Gasteiger partial charge in [0.1, 0.15) is 30.5 Å². The number of allylic oxidation sites excluding steroid dienone is 4. The third-order valence-corrected chi connectivity index (χ3v) is 4.17. The fourth-order valence-electron chi connectivity index (χ4n) is 2.75. The van der Waals surface area contributed by atoms with E-state index in [-0.39, 0.29) is 12.1 Å². The molecule has 0 radical (unpaired) electrons. The van der Waals surface area contributed by atoms with Gasteiger partial charge in [0.05, 0.1) is 13.2 Å². The van der Waals surface area contributed by atoms with E-state index in [9.17, 15) is 25.2 Å². The Kier molecular flexibility index (Phi) is 6.46. The van der Waals surface area contributed by atoms with E-state index < -0.39 is 37.1 Å². The number of aromatic nitrogens is 1. The Morgan fingerprint density at radius 2 is 1.92 bits per heavy atom. The lowest BCUT2D eigenvalue weighted by atomic mass is 9.92. The van der Waals surface area contributed by atoms with Crippen LogP contribution in [0.25, 0.3) is 0 Å². The molecule has 7 nitrogen and oxygen atoms in total. The lowest BCUT2D eigenvalue weighted by Gasteiger charge is -2.40. The van der Waals surface area contributed by atoms with E-state index in [1.807, 2.05) is 0 Å². The number of rotatable bonds is 6. The van der Waals surface area contributed by atoms with Crippen molar-refractivity contribution < 1.29 is 25.2 Å². The first-order valence-electron chi connectivity index (χ1n) is 7.87. The van der Waals surface area contributed by atoms with E-state index in [4.69, 9.17) is 4.74 Å². The zero-order valence-electron chi connectivity index (χ0n) is 13.7. The average molecular weight is 349 g/mol. The fraction of sp³-hybridized carbons (Fsp3) is 0.389. The predicted octanol–water partition coefficient (Wildman–Crippen LogP) is -0.338. The fourth-order valence-corrected chi connectivity index (χ4v) is 2.75. The minimum absolute atomic E-state index is 0.250. The van der Waals surface area contributed by atoms with Crippen LogP contribution >= 0.6 is 0 Å². The van der Waals surface area contributed by atoms with E-state index in [0.29, 0.717) is 5.56 Å². The lowest BCUT2D eigenvalue weighted by molar-refractivity contribution is -0.231. The first kappa shape index (κ1) is 19.3. The maximum absolute atomic E-state index is 12.1.